The monoisotopic (exact) mass is 459 g/mol. The van der Waals surface area contributed by atoms with Crippen molar-refractivity contribution >= 4 is 28.3 Å². The van der Waals surface area contributed by atoms with E-state index < -0.39 is 0 Å². The van der Waals surface area contributed by atoms with Gasteiger partial charge in [0.25, 0.3) is 0 Å². The van der Waals surface area contributed by atoms with Crippen LogP contribution in [0.5, 0.6) is 5.75 Å². The maximum atomic E-state index is 6.40. The van der Waals surface area contributed by atoms with Crippen LogP contribution in [0.3, 0.4) is 0 Å². The average molecular weight is 460 g/mol. The Morgan fingerprint density at radius 3 is 2.82 bits per heavy atom. The molecule has 0 aliphatic rings. The Balaban J connectivity index is 1.57. The Labute approximate surface area is 195 Å². The number of H-pyrrole nitrogens is 1. The molecule has 166 valence electrons. The second kappa shape index (κ2) is 8.91. The molecule has 0 aliphatic carbocycles. The molecular weight excluding hydrogens is 438 g/mol. The first-order valence-corrected chi connectivity index (χ1v) is 10.8. The van der Waals surface area contributed by atoms with Gasteiger partial charge in [0.15, 0.2) is 5.82 Å². The second-order valence-electron chi connectivity index (χ2n) is 7.72. The molecule has 8 nitrogen and oxygen atoms in total. The summed E-state index contributed by atoms with van der Waals surface area (Å²) in [4.78, 5) is 7.46. The fourth-order valence-corrected chi connectivity index (χ4v) is 4.09. The van der Waals surface area contributed by atoms with Gasteiger partial charge in [-0.1, -0.05) is 35.9 Å². The molecule has 2 aromatic heterocycles. The topological polar surface area (TPSA) is 93.5 Å². The van der Waals surface area contributed by atoms with Gasteiger partial charge in [0, 0.05) is 10.7 Å². The number of aromatic amines is 1. The number of benzene rings is 3. The van der Waals surface area contributed by atoms with Crippen LogP contribution in [-0.4, -0.2) is 37.3 Å². The third kappa shape index (κ3) is 4.25. The number of imidazole rings is 1. The van der Waals surface area contributed by atoms with E-state index in [4.69, 9.17) is 16.3 Å². The number of aryl methyl sites for hydroxylation is 1. The second-order valence-corrected chi connectivity index (χ2v) is 8.13. The minimum atomic E-state index is -0.311. The van der Waals surface area contributed by atoms with Crippen molar-refractivity contribution in [2.24, 2.45) is 0 Å². The van der Waals surface area contributed by atoms with E-state index in [-0.39, 0.29) is 6.04 Å². The molecule has 2 heterocycles. The zero-order valence-corrected chi connectivity index (χ0v) is 18.9. The minimum absolute atomic E-state index is 0.311. The van der Waals surface area contributed by atoms with Crippen molar-refractivity contribution in [2.45, 2.75) is 19.5 Å². The number of aromatic nitrogens is 6. The SMILES string of the molecule is COc1ccc(C(Nc2ccc3nc[nH]c3c2)c2nnnn2Cc2ccccc2Cl)c(C)c1. The summed E-state index contributed by atoms with van der Waals surface area (Å²) in [6.07, 6.45) is 1.68. The lowest BCUT2D eigenvalue weighted by atomic mass is 9.99. The van der Waals surface area contributed by atoms with E-state index in [2.05, 4.69) is 30.8 Å². The highest BCUT2D eigenvalue weighted by molar-refractivity contribution is 6.31. The molecular formula is C24H22ClN7O. The molecule has 2 N–H and O–H groups in total. The normalized spacial score (nSPS) is 12.1. The molecule has 0 fully saturated rings. The number of tetrazole rings is 1. The van der Waals surface area contributed by atoms with Gasteiger partial charge in [-0.25, -0.2) is 9.67 Å². The Bertz CT molecular complexity index is 1410. The van der Waals surface area contributed by atoms with Crippen molar-refractivity contribution in [1.29, 1.82) is 0 Å². The number of anilines is 1. The fourth-order valence-electron chi connectivity index (χ4n) is 3.89. The van der Waals surface area contributed by atoms with Gasteiger partial charge in [0.05, 0.1) is 31.0 Å². The molecule has 3 aromatic carbocycles. The maximum Gasteiger partial charge on any atom is 0.178 e. The molecule has 0 bridgehead atoms. The van der Waals surface area contributed by atoms with Crippen LogP contribution < -0.4 is 10.1 Å². The molecule has 0 spiro atoms. The molecule has 0 saturated carbocycles. The van der Waals surface area contributed by atoms with E-state index in [1.807, 2.05) is 67.6 Å². The van der Waals surface area contributed by atoms with Gasteiger partial charge >= 0.3 is 0 Å². The van der Waals surface area contributed by atoms with Gasteiger partial charge in [0.1, 0.15) is 11.8 Å². The van der Waals surface area contributed by atoms with Gasteiger partial charge in [0.2, 0.25) is 0 Å². The number of hydrogen-bond donors (Lipinski definition) is 2. The number of nitrogens with zero attached hydrogens (tertiary/aromatic N) is 5. The van der Waals surface area contributed by atoms with Crippen LogP contribution in [0, 0.1) is 6.92 Å². The summed E-state index contributed by atoms with van der Waals surface area (Å²) in [7, 11) is 1.66. The lowest BCUT2D eigenvalue weighted by molar-refractivity contribution is 0.414. The van der Waals surface area contributed by atoms with Gasteiger partial charge < -0.3 is 15.0 Å². The van der Waals surface area contributed by atoms with Crippen LogP contribution in [0.1, 0.15) is 28.6 Å². The van der Waals surface area contributed by atoms with Crippen molar-refractivity contribution in [3.05, 3.63) is 94.5 Å². The number of fused-ring (bicyclic) bond motifs is 1. The quantitative estimate of drug-likeness (QED) is 0.364. The van der Waals surface area contributed by atoms with Crippen molar-refractivity contribution in [3.63, 3.8) is 0 Å². The standard InChI is InChI=1S/C24H22ClN7O/c1-15-11-18(33-2)8-9-19(15)23(28-17-7-10-21-22(12-17)27-14-26-21)24-29-30-31-32(24)13-16-5-3-4-6-20(16)25/h3-12,14,23,28H,13H2,1-2H3,(H,26,27). The summed E-state index contributed by atoms with van der Waals surface area (Å²) in [5.74, 6) is 1.47. The Morgan fingerprint density at radius 1 is 1.12 bits per heavy atom. The maximum absolute atomic E-state index is 6.40. The van der Waals surface area contributed by atoms with E-state index in [1.165, 1.54) is 0 Å². The predicted molar refractivity (Wildman–Crippen MR) is 128 cm³/mol. The predicted octanol–water partition coefficient (Wildman–Crippen LogP) is 4.77. The van der Waals surface area contributed by atoms with Gasteiger partial charge in [-0.3, -0.25) is 0 Å². The van der Waals surface area contributed by atoms with Crippen molar-refractivity contribution in [3.8, 4) is 5.75 Å². The molecule has 33 heavy (non-hydrogen) atoms. The minimum Gasteiger partial charge on any atom is -0.497 e. The summed E-state index contributed by atoms with van der Waals surface area (Å²) in [6, 6.07) is 19.4. The third-order valence-corrected chi connectivity index (χ3v) is 5.98. The van der Waals surface area contributed by atoms with Crippen molar-refractivity contribution in [2.75, 3.05) is 12.4 Å². The van der Waals surface area contributed by atoms with E-state index in [0.29, 0.717) is 17.4 Å². The van der Waals surface area contributed by atoms with Crippen LogP contribution in [0.4, 0.5) is 5.69 Å². The van der Waals surface area contributed by atoms with E-state index in [1.54, 1.807) is 18.1 Å². The summed E-state index contributed by atoms with van der Waals surface area (Å²) in [5.41, 5.74) is 5.80. The molecule has 5 aromatic rings. The number of ether oxygens (including phenoxy) is 1. The summed E-state index contributed by atoms with van der Waals surface area (Å²) < 4.78 is 7.18. The largest absolute Gasteiger partial charge is 0.497 e. The van der Waals surface area contributed by atoms with Crippen molar-refractivity contribution in [1.82, 2.24) is 30.2 Å². The molecule has 0 saturated heterocycles. The van der Waals surface area contributed by atoms with Crippen LogP contribution in [0.2, 0.25) is 5.02 Å². The summed E-state index contributed by atoms with van der Waals surface area (Å²) in [5, 5.41) is 16.9. The average Bonchev–Trinajstić information content (AvgIpc) is 3.48. The zero-order chi connectivity index (χ0) is 22.8. The number of hydrogen-bond acceptors (Lipinski definition) is 6. The van der Waals surface area contributed by atoms with Crippen molar-refractivity contribution < 1.29 is 4.74 Å². The molecule has 0 radical (unpaired) electrons. The Kier molecular flexibility index (Phi) is 5.66. The fraction of sp³-hybridized carbons (Fsp3) is 0.167. The lowest BCUT2D eigenvalue weighted by Gasteiger charge is -2.22. The summed E-state index contributed by atoms with van der Waals surface area (Å²) in [6.45, 7) is 2.50. The molecule has 1 unspecified atom stereocenters. The van der Waals surface area contributed by atoms with Gasteiger partial charge in [-0.15, -0.1) is 5.10 Å². The number of methoxy groups -OCH3 is 1. The first-order chi connectivity index (χ1) is 16.1. The number of nitrogens with one attached hydrogen (secondary N) is 2. The van der Waals surface area contributed by atoms with Gasteiger partial charge in [-0.05, 0) is 70.4 Å². The number of rotatable bonds is 7. The lowest BCUT2D eigenvalue weighted by Crippen LogP contribution is -2.20. The first kappa shape index (κ1) is 21.0. The smallest absolute Gasteiger partial charge is 0.178 e. The molecule has 0 aliphatic heterocycles. The highest BCUT2D eigenvalue weighted by Gasteiger charge is 2.24. The Morgan fingerprint density at radius 2 is 2.00 bits per heavy atom. The highest BCUT2D eigenvalue weighted by Crippen LogP contribution is 2.31. The van der Waals surface area contributed by atoms with Crippen LogP contribution >= 0.6 is 11.6 Å². The van der Waals surface area contributed by atoms with Crippen LogP contribution in [0.15, 0.2) is 67.0 Å². The molecule has 9 heteroatoms. The summed E-state index contributed by atoms with van der Waals surface area (Å²) >= 11 is 6.40. The highest BCUT2D eigenvalue weighted by atomic mass is 35.5. The number of halogens is 1. The van der Waals surface area contributed by atoms with Crippen LogP contribution in [0.25, 0.3) is 11.0 Å². The van der Waals surface area contributed by atoms with Crippen LogP contribution in [-0.2, 0) is 6.54 Å². The molecule has 5 rings (SSSR count). The third-order valence-electron chi connectivity index (χ3n) is 5.61. The zero-order valence-electron chi connectivity index (χ0n) is 18.2. The van der Waals surface area contributed by atoms with E-state index >= 15 is 0 Å². The van der Waals surface area contributed by atoms with E-state index in [9.17, 15) is 0 Å². The van der Waals surface area contributed by atoms with Gasteiger partial charge in [-0.2, -0.15) is 0 Å². The van der Waals surface area contributed by atoms with E-state index in [0.717, 1.165) is 39.2 Å². The molecule has 1 atom stereocenters. The Hall–Kier alpha value is -3.91. The first-order valence-electron chi connectivity index (χ1n) is 10.5. The molecule has 0 amide bonds.